The van der Waals surface area contributed by atoms with Gasteiger partial charge in [-0.3, -0.25) is 4.79 Å². The predicted octanol–water partition coefficient (Wildman–Crippen LogP) is 2.75. The molecule has 0 saturated carbocycles. The minimum absolute atomic E-state index is 0.0816. The molecule has 2 aliphatic heterocycles. The van der Waals surface area contributed by atoms with Crippen LogP contribution in [0.15, 0.2) is 64.3 Å². The number of fused-ring (bicyclic) bond motifs is 1. The highest BCUT2D eigenvalue weighted by Crippen LogP contribution is 2.37. The summed E-state index contributed by atoms with van der Waals surface area (Å²) in [6.07, 6.45) is 1.67. The van der Waals surface area contributed by atoms with Gasteiger partial charge < -0.3 is 24.6 Å². The predicted molar refractivity (Wildman–Crippen MR) is 117 cm³/mol. The number of aliphatic hydroxyl groups excluding tert-OH is 1. The van der Waals surface area contributed by atoms with E-state index in [4.69, 9.17) is 4.42 Å². The van der Waals surface area contributed by atoms with Crippen LogP contribution in [0.25, 0.3) is 0 Å². The second-order valence-corrected chi connectivity index (χ2v) is 7.95. The van der Waals surface area contributed by atoms with Gasteiger partial charge >= 0.3 is 0 Å². The standard InChI is InChI=1S/C23H24FN5O3/c1-15-21(22(19-7-6-18(14-30)32-19)29-20(26-15)8-9-25-29)23(31)28-12-10-27(11-13-28)17-4-2-16(24)3-5-17/h2-9,22,26,30H,10-14H2,1H3. The summed E-state index contributed by atoms with van der Waals surface area (Å²) in [7, 11) is 0. The lowest BCUT2D eigenvalue weighted by atomic mass is 9.98. The maximum atomic E-state index is 13.7. The fourth-order valence-electron chi connectivity index (χ4n) is 4.36. The molecule has 32 heavy (non-hydrogen) atoms. The molecular weight excluding hydrogens is 413 g/mol. The average molecular weight is 437 g/mol. The van der Waals surface area contributed by atoms with Crippen molar-refractivity contribution in [2.45, 2.75) is 19.6 Å². The number of allylic oxidation sites excluding steroid dienone is 1. The Labute approximate surface area is 184 Å². The van der Waals surface area contributed by atoms with Crippen molar-refractivity contribution in [1.82, 2.24) is 14.7 Å². The quantitative estimate of drug-likeness (QED) is 0.653. The number of aliphatic hydroxyl groups is 1. The Bertz CT molecular complexity index is 1160. The Morgan fingerprint density at radius 2 is 1.91 bits per heavy atom. The third-order valence-corrected chi connectivity index (χ3v) is 6.00. The fourth-order valence-corrected chi connectivity index (χ4v) is 4.36. The number of aromatic nitrogens is 2. The van der Waals surface area contributed by atoms with Crippen LogP contribution in [0.2, 0.25) is 0 Å². The molecule has 2 N–H and O–H groups in total. The normalized spacial score (nSPS) is 18.5. The molecule has 0 bridgehead atoms. The van der Waals surface area contributed by atoms with Crippen LogP contribution in [0.4, 0.5) is 15.9 Å². The van der Waals surface area contributed by atoms with Crippen LogP contribution >= 0.6 is 0 Å². The minimum Gasteiger partial charge on any atom is -0.461 e. The van der Waals surface area contributed by atoms with E-state index in [2.05, 4.69) is 15.3 Å². The number of carbonyl (C=O) groups is 1. The molecule has 2 aromatic heterocycles. The molecule has 1 unspecified atom stereocenters. The van der Waals surface area contributed by atoms with Gasteiger partial charge in [0.1, 0.15) is 35.8 Å². The summed E-state index contributed by atoms with van der Waals surface area (Å²) in [5.41, 5.74) is 2.26. The Morgan fingerprint density at radius 1 is 1.16 bits per heavy atom. The second kappa shape index (κ2) is 8.16. The van der Waals surface area contributed by atoms with Crippen LogP contribution in [0, 0.1) is 5.82 Å². The van der Waals surface area contributed by atoms with Gasteiger partial charge in [-0.1, -0.05) is 0 Å². The van der Waals surface area contributed by atoms with E-state index in [-0.39, 0.29) is 18.3 Å². The topological polar surface area (TPSA) is 86.8 Å². The van der Waals surface area contributed by atoms with E-state index < -0.39 is 6.04 Å². The molecule has 2 aliphatic rings. The number of amides is 1. The lowest BCUT2D eigenvalue weighted by molar-refractivity contribution is -0.128. The van der Waals surface area contributed by atoms with E-state index in [0.717, 1.165) is 17.2 Å². The van der Waals surface area contributed by atoms with Crippen molar-refractivity contribution in [3.63, 3.8) is 0 Å². The summed E-state index contributed by atoms with van der Waals surface area (Å²) in [6.45, 7) is 4.07. The Balaban J connectivity index is 1.39. The monoisotopic (exact) mass is 437 g/mol. The number of nitrogens with zero attached hydrogens (tertiary/aromatic N) is 4. The van der Waals surface area contributed by atoms with E-state index in [9.17, 15) is 14.3 Å². The van der Waals surface area contributed by atoms with E-state index in [0.29, 0.717) is 43.3 Å². The SMILES string of the molecule is CC1=C(C(=O)N2CCN(c3ccc(F)cc3)CC2)C(c2ccc(CO)o2)n2nccc2N1. The summed E-state index contributed by atoms with van der Waals surface area (Å²) in [5.74, 6) is 1.41. The van der Waals surface area contributed by atoms with Crippen LogP contribution in [0.1, 0.15) is 24.5 Å². The highest BCUT2D eigenvalue weighted by atomic mass is 19.1. The van der Waals surface area contributed by atoms with Crippen molar-refractivity contribution in [2.24, 2.45) is 0 Å². The molecule has 1 aromatic carbocycles. The van der Waals surface area contributed by atoms with Crippen molar-refractivity contribution >= 4 is 17.4 Å². The van der Waals surface area contributed by atoms with Gasteiger partial charge in [0.2, 0.25) is 0 Å². The van der Waals surface area contributed by atoms with Gasteiger partial charge in [-0.05, 0) is 43.3 Å². The molecular formula is C23H24FN5O3. The van der Waals surface area contributed by atoms with E-state index in [1.807, 2.05) is 17.9 Å². The van der Waals surface area contributed by atoms with Crippen LogP contribution < -0.4 is 10.2 Å². The average Bonchev–Trinajstić information content (AvgIpc) is 3.48. The molecule has 5 rings (SSSR count). The van der Waals surface area contributed by atoms with E-state index in [1.54, 1.807) is 35.1 Å². The number of halogens is 1. The van der Waals surface area contributed by atoms with Crippen molar-refractivity contribution in [3.8, 4) is 0 Å². The van der Waals surface area contributed by atoms with Gasteiger partial charge in [0.15, 0.2) is 0 Å². The zero-order valence-corrected chi connectivity index (χ0v) is 17.7. The van der Waals surface area contributed by atoms with Crippen LogP contribution in [0.5, 0.6) is 0 Å². The first-order chi connectivity index (χ1) is 15.5. The molecule has 1 amide bonds. The van der Waals surface area contributed by atoms with Crippen molar-refractivity contribution in [2.75, 3.05) is 36.4 Å². The van der Waals surface area contributed by atoms with Gasteiger partial charge in [0, 0.05) is 43.6 Å². The number of benzene rings is 1. The Kier molecular flexibility index (Phi) is 5.18. The van der Waals surface area contributed by atoms with Gasteiger partial charge in [0.05, 0.1) is 11.8 Å². The van der Waals surface area contributed by atoms with E-state index >= 15 is 0 Å². The molecule has 1 atom stereocenters. The first kappa shape index (κ1) is 20.3. The number of hydrogen-bond acceptors (Lipinski definition) is 6. The van der Waals surface area contributed by atoms with Gasteiger partial charge in [-0.15, -0.1) is 0 Å². The summed E-state index contributed by atoms with van der Waals surface area (Å²) in [5, 5.41) is 17.1. The first-order valence-electron chi connectivity index (χ1n) is 10.6. The molecule has 1 fully saturated rings. The van der Waals surface area contributed by atoms with E-state index in [1.165, 1.54) is 12.1 Å². The number of carbonyl (C=O) groups excluding carboxylic acids is 1. The smallest absolute Gasteiger partial charge is 0.254 e. The Morgan fingerprint density at radius 3 is 2.59 bits per heavy atom. The Hall–Kier alpha value is -3.59. The zero-order valence-electron chi connectivity index (χ0n) is 17.7. The van der Waals surface area contributed by atoms with Crippen LogP contribution in [-0.2, 0) is 11.4 Å². The minimum atomic E-state index is -0.524. The lowest BCUT2D eigenvalue weighted by Gasteiger charge is -2.38. The number of rotatable bonds is 4. The highest BCUT2D eigenvalue weighted by Gasteiger charge is 2.37. The maximum absolute atomic E-state index is 13.7. The maximum Gasteiger partial charge on any atom is 0.254 e. The zero-order chi connectivity index (χ0) is 22.2. The molecule has 0 spiro atoms. The largest absolute Gasteiger partial charge is 0.461 e. The third-order valence-electron chi connectivity index (χ3n) is 6.00. The molecule has 3 aromatic rings. The van der Waals surface area contributed by atoms with Crippen molar-refractivity contribution < 1.29 is 18.7 Å². The van der Waals surface area contributed by atoms with Crippen LogP contribution in [-0.4, -0.2) is 51.9 Å². The molecule has 1 saturated heterocycles. The summed E-state index contributed by atoms with van der Waals surface area (Å²) < 4.78 is 20.8. The van der Waals surface area contributed by atoms with Crippen molar-refractivity contribution in [1.29, 1.82) is 0 Å². The lowest BCUT2D eigenvalue weighted by Crippen LogP contribution is -2.50. The van der Waals surface area contributed by atoms with Gasteiger partial charge in [0.25, 0.3) is 5.91 Å². The summed E-state index contributed by atoms with van der Waals surface area (Å²) in [4.78, 5) is 17.6. The third kappa shape index (κ3) is 3.54. The second-order valence-electron chi connectivity index (χ2n) is 7.95. The molecule has 166 valence electrons. The van der Waals surface area contributed by atoms with Crippen molar-refractivity contribution in [3.05, 3.63) is 77.3 Å². The molecule has 0 radical (unpaired) electrons. The first-order valence-corrected chi connectivity index (χ1v) is 10.6. The number of anilines is 2. The van der Waals surface area contributed by atoms with Gasteiger partial charge in [-0.2, -0.15) is 5.10 Å². The number of nitrogens with one attached hydrogen (secondary N) is 1. The molecule has 0 aliphatic carbocycles. The molecule has 8 nitrogen and oxygen atoms in total. The summed E-state index contributed by atoms with van der Waals surface area (Å²) in [6, 6.07) is 11.2. The fraction of sp³-hybridized carbons (Fsp3) is 0.304. The molecule has 9 heteroatoms. The molecule has 4 heterocycles. The number of furan rings is 1. The number of piperazine rings is 1. The van der Waals surface area contributed by atoms with Gasteiger partial charge in [-0.25, -0.2) is 9.07 Å². The number of hydrogen-bond donors (Lipinski definition) is 2. The summed E-state index contributed by atoms with van der Waals surface area (Å²) >= 11 is 0. The van der Waals surface area contributed by atoms with Crippen LogP contribution in [0.3, 0.4) is 0 Å². The highest BCUT2D eigenvalue weighted by molar-refractivity contribution is 5.97.